The number of benzene rings is 2. The number of rotatable bonds is 1. The Labute approximate surface area is 120 Å². The topological polar surface area (TPSA) is 50.7 Å². The minimum Gasteiger partial charge on any atom is -0.338 e. The number of hydrogen-bond donors (Lipinski definition) is 1. The maximum Gasteiger partial charge on any atom is 0.250 e. The highest BCUT2D eigenvalue weighted by Gasteiger charge is 2.09. The van der Waals surface area contributed by atoms with Gasteiger partial charge in [0.1, 0.15) is 5.82 Å². The molecule has 4 heteroatoms. The third-order valence-corrected chi connectivity index (χ3v) is 3.80. The average molecular weight is 275 g/mol. The largest absolute Gasteiger partial charge is 0.338 e. The molecule has 0 saturated heterocycles. The van der Waals surface area contributed by atoms with Crippen LogP contribution in [0.1, 0.15) is 0 Å². The summed E-state index contributed by atoms with van der Waals surface area (Å²) in [5.41, 5.74) is 3.79. The number of hydrogen-bond acceptors (Lipinski definition) is 2. The Hall–Kier alpha value is -2.88. The number of imidazole rings is 1. The van der Waals surface area contributed by atoms with Gasteiger partial charge in [0.05, 0.1) is 16.6 Å². The molecule has 2 aromatic carbocycles. The zero-order valence-corrected chi connectivity index (χ0v) is 11.5. The van der Waals surface area contributed by atoms with Crippen molar-refractivity contribution >= 4 is 21.9 Å². The summed E-state index contributed by atoms with van der Waals surface area (Å²) in [6, 6.07) is 17.4. The molecule has 4 nitrogen and oxygen atoms in total. The average Bonchev–Trinajstić information content (AvgIpc) is 2.96. The van der Waals surface area contributed by atoms with E-state index in [4.69, 9.17) is 4.98 Å². The van der Waals surface area contributed by atoms with Crippen LogP contribution in [0, 0.1) is 0 Å². The van der Waals surface area contributed by atoms with E-state index in [9.17, 15) is 4.79 Å². The van der Waals surface area contributed by atoms with Gasteiger partial charge in [0, 0.05) is 24.1 Å². The number of aryl methyl sites for hydroxylation is 1. The highest BCUT2D eigenvalue weighted by molar-refractivity contribution is 6.03. The summed E-state index contributed by atoms with van der Waals surface area (Å²) < 4.78 is 1.64. The molecule has 4 aromatic rings. The number of H-pyrrole nitrogens is 1. The van der Waals surface area contributed by atoms with Crippen molar-refractivity contribution in [1.29, 1.82) is 0 Å². The molecule has 0 bridgehead atoms. The van der Waals surface area contributed by atoms with E-state index in [1.54, 1.807) is 17.7 Å². The van der Waals surface area contributed by atoms with Crippen LogP contribution in [0.2, 0.25) is 0 Å². The fourth-order valence-corrected chi connectivity index (χ4v) is 2.66. The van der Waals surface area contributed by atoms with Gasteiger partial charge in [-0.1, -0.05) is 30.3 Å². The fourth-order valence-electron chi connectivity index (χ4n) is 2.66. The number of nitrogens with zero attached hydrogens (tertiary/aromatic N) is 2. The Morgan fingerprint density at radius 2 is 1.81 bits per heavy atom. The van der Waals surface area contributed by atoms with E-state index in [1.165, 1.54) is 0 Å². The number of aromatic amines is 1. The normalized spacial score (nSPS) is 11.3. The molecule has 0 aliphatic rings. The quantitative estimate of drug-likeness (QED) is 0.580. The van der Waals surface area contributed by atoms with Gasteiger partial charge < -0.3 is 9.55 Å². The lowest BCUT2D eigenvalue weighted by atomic mass is 10.2. The van der Waals surface area contributed by atoms with Crippen LogP contribution in [0.3, 0.4) is 0 Å². The Morgan fingerprint density at radius 3 is 2.62 bits per heavy atom. The summed E-state index contributed by atoms with van der Waals surface area (Å²) in [7, 11) is 1.78. The lowest BCUT2D eigenvalue weighted by Gasteiger charge is -2.03. The first-order valence-corrected chi connectivity index (χ1v) is 6.78. The number of nitrogens with one attached hydrogen (secondary N) is 1. The zero-order chi connectivity index (χ0) is 14.4. The maximum absolute atomic E-state index is 11.7. The third kappa shape index (κ3) is 1.76. The van der Waals surface area contributed by atoms with Gasteiger partial charge in [0.2, 0.25) is 0 Å². The lowest BCUT2D eigenvalue weighted by Crippen LogP contribution is -2.14. The molecule has 2 heterocycles. The van der Waals surface area contributed by atoms with Gasteiger partial charge >= 0.3 is 0 Å². The first-order chi connectivity index (χ1) is 10.2. The molecule has 102 valence electrons. The molecular formula is C17H13N3O. The van der Waals surface area contributed by atoms with E-state index in [1.807, 2.05) is 48.5 Å². The monoisotopic (exact) mass is 275 g/mol. The molecule has 0 atom stereocenters. The van der Waals surface area contributed by atoms with Gasteiger partial charge in [-0.25, -0.2) is 4.98 Å². The summed E-state index contributed by atoms with van der Waals surface area (Å²) in [4.78, 5) is 19.8. The van der Waals surface area contributed by atoms with Crippen LogP contribution < -0.4 is 5.56 Å². The van der Waals surface area contributed by atoms with Crippen LogP contribution in [-0.2, 0) is 7.05 Å². The Balaban J connectivity index is 2.06. The number of fused-ring (bicyclic) bond motifs is 3. The van der Waals surface area contributed by atoms with Gasteiger partial charge in [0.25, 0.3) is 5.56 Å². The smallest absolute Gasteiger partial charge is 0.250 e. The van der Waals surface area contributed by atoms with Crippen molar-refractivity contribution in [2.75, 3.05) is 0 Å². The molecule has 0 aliphatic carbocycles. The predicted molar refractivity (Wildman–Crippen MR) is 84.3 cm³/mol. The van der Waals surface area contributed by atoms with Gasteiger partial charge in [0.15, 0.2) is 0 Å². The van der Waals surface area contributed by atoms with Gasteiger partial charge in [-0.3, -0.25) is 4.79 Å². The molecule has 21 heavy (non-hydrogen) atoms. The standard InChI is InChI=1S/C17H13N3O/c1-20-14-9-8-13-16(12(14)7-10-15(20)21)19-17(18-13)11-5-3-2-4-6-11/h2-10H,1H3,(H,18,19). The maximum atomic E-state index is 11.7. The molecule has 0 unspecified atom stereocenters. The highest BCUT2D eigenvalue weighted by atomic mass is 16.1. The zero-order valence-electron chi connectivity index (χ0n) is 11.5. The van der Waals surface area contributed by atoms with Crippen molar-refractivity contribution in [1.82, 2.24) is 14.5 Å². The second-order valence-electron chi connectivity index (χ2n) is 5.08. The molecule has 4 rings (SSSR count). The van der Waals surface area contributed by atoms with E-state index in [2.05, 4.69) is 4.98 Å². The van der Waals surface area contributed by atoms with Crippen molar-refractivity contribution in [2.24, 2.45) is 7.05 Å². The van der Waals surface area contributed by atoms with Gasteiger partial charge in [-0.15, -0.1) is 0 Å². The molecule has 2 aromatic heterocycles. The van der Waals surface area contributed by atoms with Crippen LogP contribution in [0.5, 0.6) is 0 Å². The van der Waals surface area contributed by atoms with Crippen molar-refractivity contribution in [3.05, 3.63) is 65.0 Å². The van der Waals surface area contributed by atoms with Gasteiger partial charge in [-0.05, 0) is 18.2 Å². The van der Waals surface area contributed by atoms with Crippen molar-refractivity contribution in [3.8, 4) is 11.4 Å². The minimum atomic E-state index is -0.0133. The molecule has 0 aliphatic heterocycles. The summed E-state index contributed by atoms with van der Waals surface area (Å²) in [6.45, 7) is 0. The van der Waals surface area contributed by atoms with Crippen LogP contribution in [-0.4, -0.2) is 14.5 Å². The summed E-state index contributed by atoms with van der Waals surface area (Å²) in [5.74, 6) is 0.840. The number of pyridine rings is 1. The van der Waals surface area contributed by atoms with E-state index in [0.29, 0.717) is 0 Å². The second kappa shape index (κ2) is 4.31. The molecule has 1 N–H and O–H groups in total. The minimum absolute atomic E-state index is 0.0133. The summed E-state index contributed by atoms with van der Waals surface area (Å²) in [6.07, 6.45) is 0. The Bertz CT molecular complexity index is 1010. The van der Waals surface area contributed by atoms with E-state index in [-0.39, 0.29) is 5.56 Å². The molecular weight excluding hydrogens is 262 g/mol. The van der Waals surface area contributed by atoms with E-state index < -0.39 is 0 Å². The first kappa shape index (κ1) is 11.9. The van der Waals surface area contributed by atoms with Crippen molar-refractivity contribution in [3.63, 3.8) is 0 Å². The van der Waals surface area contributed by atoms with Crippen molar-refractivity contribution < 1.29 is 0 Å². The predicted octanol–water partition coefficient (Wildman–Crippen LogP) is 3.08. The van der Waals surface area contributed by atoms with E-state index >= 15 is 0 Å². The highest BCUT2D eigenvalue weighted by Crippen LogP contribution is 2.25. The molecule has 0 spiro atoms. The number of aromatic nitrogens is 3. The molecule has 0 fully saturated rings. The van der Waals surface area contributed by atoms with Crippen LogP contribution >= 0.6 is 0 Å². The van der Waals surface area contributed by atoms with Crippen LogP contribution in [0.25, 0.3) is 33.3 Å². The molecule has 0 saturated carbocycles. The van der Waals surface area contributed by atoms with Gasteiger partial charge in [-0.2, -0.15) is 0 Å². The Kier molecular flexibility index (Phi) is 2.44. The lowest BCUT2D eigenvalue weighted by molar-refractivity contribution is 0.907. The molecule has 0 radical (unpaired) electrons. The second-order valence-corrected chi connectivity index (χ2v) is 5.08. The van der Waals surface area contributed by atoms with Crippen LogP contribution in [0.15, 0.2) is 59.4 Å². The van der Waals surface area contributed by atoms with Crippen LogP contribution in [0.4, 0.5) is 0 Å². The third-order valence-electron chi connectivity index (χ3n) is 3.80. The fraction of sp³-hybridized carbons (Fsp3) is 0.0588. The Morgan fingerprint density at radius 1 is 1.00 bits per heavy atom. The summed E-state index contributed by atoms with van der Waals surface area (Å²) >= 11 is 0. The summed E-state index contributed by atoms with van der Waals surface area (Å²) in [5, 5.41) is 0.980. The van der Waals surface area contributed by atoms with E-state index in [0.717, 1.165) is 33.3 Å². The first-order valence-electron chi connectivity index (χ1n) is 6.78. The van der Waals surface area contributed by atoms with Crippen molar-refractivity contribution in [2.45, 2.75) is 0 Å². The molecule has 0 amide bonds. The SMILES string of the molecule is Cn1c(=O)ccc2c3nc(-c4ccccc4)[nH]c3ccc21.